The van der Waals surface area contributed by atoms with Crippen LogP contribution in [0, 0.1) is 0 Å². The van der Waals surface area contributed by atoms with E-state index < -0.39 is 0 Å². The average molecular weight is 490 g/mol. The molecule has 0 aliphatic carbocycles. The van der Waals surface area contributed by atoms with Crippen molar-refractivity contribution < 1.29 is 9.47 Å². The summed E-state index contributed by atoms with van der Waals surface area (Å²) in [6.07, 6.45) is 2.80. The Kier molecular flexibility index (Phi) is 11.2. The molecule has 8 heteroatoms. The molecule has 0 fully saturated rings. The highest BCUT2D eigenvalue weighted by Crippen LogP contribution is 2.16. The van der Waals surface area contributed by atoms with Gasteiger partial charge in [-0.2, -0.15) is 0 Å². The molecule has 2 heterocycles. The Labute approximate surface area is 176 Å². The van der Waals surface area contributed by atoms with Crippen LogP contribution in [0.2, 0.25) is 0 Å². The lowest BCUT2D eigenvalue weighted by molar-refractivity contribution is 0.143. The van der Waals surface area contributed by atoms with Crippen molar-refractivity contribution in [3.05, 3.63) is 45.8 Å². The highest BCUT2D eigenvalue weighted by molar-refractivity contribution is 14.0. The minimum atomic E-state index is 0. The van der Waals surface area contributed by atoms with Crippen molar-refractivity contribution in [3.8, 4) is 5.88 Å². The molecule has 0 atom stereocenters. The molecule has 2 rings (SSSR count). The number of pyridine rings is 1. The lowest BCUT2D eigenvalue weighted by Crippen LogP contribution is -2.36. The van der Waals surface area contributed by atoms with Crippen molar-refractivity contribution >= 4 is 41.3 Å². The summed E-state index contributed by atoms with van der Waals surface area (Å²) in [4.78, 5) is 11.2. The van der Waals surface area contributed by atoms with Gasteiger partial charge in [0.15, 0.2) is 5.96 Å². The Morgan fingerprint density at radius 3 is 2.62 bits per heavy atom. The van der Waals surface area contributed by atoms with E-state index in [0.29, 0.717) is 25.6 Å². The van der Waals surface area contributed by atoms with Crippen LogP contribution >= 0.6 is 35.3 Å². The van der Waals surface area contributed by atoms with E-state index in [1.54, 1.807) is 20.4 Å². The molecule has 2 aromatic heterocycles. The van der Waals surface area contributed by atoms with Crippen LogP contribution < -0.4 is 15.4 Å². The molecule has 2 aromatic rings. The maximum atomic E-state index is 5.65. The van der Waals surface area contributed by atoms with E-state index >= 15 is 0 Å². The van der Waals surface area contributed by atoms with Gasteiger partial charge in [0.05, 0.1) is 13.2 Å². The second-order valence-corrected chi connectivity index (χ2v) is 6.56. The molecule has 0 aliphatic rings. The molecule has 0 aromatic carbocycles. The predicted octanol–water partition coefficient (Wildman–Crippen LogP) is 3.21. The van der Waals surface area contributed by atoms with E-state index in [9.17, 15) is 0 Å². The Morgan fingerprint density at radius 1 is 1.15 bits per heavy atom. The number of aromatic nitrogens is 1. The van der Waals surface area contributed by atoms with Gasteiger partial charge in [0.2, 0.25) is 5.88 Å². The van der Waals surface area contributed by atoms with Gasteiger partial charge in [-0.15, -0.1) is 35.3 Å². The molecular formula is C18H27IN4O2S. The van der Waals surface area contributed by atoms with E-state index in [2.05, 4.69) is 39.7 Å². The van der Waals surface area contributed by atoms with Crippen molar-refractivity contribution in [1.29, 1.82) is 0 Å². The molecule has 0 unspecified atom stereocenters. The molecule has 26 heavy (non-hydrogen) atoms. The molecule has 0 aliphatic heterocycles. The fourth-order valence-corrected chi connectivity index (χ4v) is 3.09. The monoisotopic (exact) mass is 490 g/mol. The number of halogens is 1. The van der Waals surface area contributed by atoms with Crippen molar-refractivity contribution in [3.63, 3.8) is 0 Å². The van der Waals surface area contributed by atoms with Crippen LogP contribution in [-0.4, -0.2) is 38.3 Å². The van der Waals surface area contributed by atoms with E-state index in [4.69, 9.17) is 9.47 Å². The Balaban J connectivity index is 0.00000338. The van der Waals surface area contributed by atoms with E-state index in [1.165, 1.54) is 9.75 Å². The predicted molar refractivity (Wildman–Crippen MR) is 118 cm³/mol. The molecule has 2 N–H and O–H groups in total. The molecule has 0 saturated carbocycles. The Morgan fingerprint density at radius 2 is 1.92 bits per heavy atom. The van der Waals surface area contributed by atoms with Crippen LogP contribution in [0.3, 0.4) is 0 Å². The fraction of sp³-hybridized carbons (Fsp3) is 0.444. The Bertz CT molecular complexity index is 679. The van der Waals surface area contributed by atoms with Crippen molar-refractivity contribution in [1.82, 2.24) is 15.6 Å². The molecule has 0 saturated heterocycles. The summed E-state index contributed by atoms with van der Waals surface area (Å²) in [5, 5.41) is 6.63. The number of rotatable bonds is 9. The summed E-state index contributed by atoms with van der Waals surface area (Å²) in [6.45, 7) is 4.53. The van der Waals surface area contributed by atoms with E-state index in [1.807, 2.05) is 23.5 Å². The van der Waals surface area contributed by atoms with Crippen LogP contribution in [0.1, 0.15) is 22.2 Å². The smallest absolute Gasteiger partial charge is 0.218 e. The summed E-state index contributed by atoms with van der Waals surface area (Å²) < 4.78 is 10.7. The van der Waals surface area contributed by atoms with Gasteiger partial charge in [0, 0.05) is 42.2 Å². The zero-order valence-corrected chi connectivity index (χ0v) is 18.6. The van der Waals surface area contributed by atoms with Gasteiger partial charge in [-0.05, 0) is 24.6 Å². The second-order valence-electron chi connectivity index (χ2n) is 5.31. The zero-order chi connectivity index (χ0) is 17.9. The zero-order valence-electron chi connectivity index (χ0n) is 15.4. The number of aryl methyl sites for hydroxylation is 1. The minimum Gasteiger partial charge on any atom is -0.475 e. The average Bonchev–Trinajstić information content (AvgIpc) is 3.11. The number of ether oxygens (including phenoxy) is 2. The summed E-state index contributed by atoms with van der Waals surface area (Å²) >= 11 is 1.83. The number of nitrogens with one attached hydrogen (secondary N) is 2. The van der Waals surface area contributed by atoms with Crippen molar-refractivity contribution in [2.24, 2.45) is 4.99 Å². The van der Waals surface area contributed by atoms with Gasteiger partial charge in [-0.25, -0.2) is 4.98 Å². The van der Waals surface area contributed by atoms with Gasteiger partial charge in [-0.3, -0.25) is 4.99 Å². The molecule has 0 spiro atoms. The first-order valence-electron chi connectivity index (χ1n) is 8.34. The maximum absolute atomic E-state index is 5.65. The first-order valence-corrected chi connectivity index (χ1v) is 9.16. The third kappa shape index (κ3) is 7.46. The molecule has 0 amide bonds. The molecule has 0 radical (unpaired) electrons. The number of methoxy groups -OCH3 is 1. The van der Waals surface area contributed by atoms with Crippen LogP contribution in [0.5, 0.6) is 5.88 Å². The largest absolute Gasteiger partial charge is 0.475 e. The van der Waals surface area contributed by atoms with Gasteiger partial charge < -0.3 is 20.1 Å². The highest BCUT2D eigenvalue weighted by Gasteiger charge is 2.06. The van der Waals surface area contributed by atoms with E-state index in [0.717, 1.165) is 24.5 Å². The summed E-state index contributed by atoms with van der Waals surface area (Å²) in [5.41, 5.74) is 0.978. The number of hydrogen-bond donors (Lipinski definition) is 2. The van der Waals surface area contributed by atoms with Crippen LogP contribution in [0.25, 0.3) is 0 Å². The van der Waals surface area contributed by atoms with E-state index in [-0.39, 0.29) is 24.0 Å². The number of hydrogen-bond acceptors (Lipinski definition) is 5. The second kappa shape index (κ2) is 12.9. The third-order valence-corrected chi connectivity index (χ3v) is 4.77. The van der Waals surface area contributed by atoms with Crippen LogP contribution in [0.15, 0.2) is 35.5 Å². The number of thiophene rings is 1. The van der Waals surface area contributed by atoms with Crippen molar-refractivity contribution in [2.45, 2.75) is 26.4 Å². The SMILES string of the molecule is CCc1ccc(CNC(=NC)NCc2cccnc2OCCOC)s1.I. The maximum Gasteiger partial charge on any atom is 0.218 e. The number of aliphatic imine (C=N–C) groups is 1. The number of guanidine groups is 1. The van der Waals surface area contributed by atoms with Crippen LogP contribution in [0.4, 0.5) is 0 Å². The first-order chi connectivity index (χ1) is 12.3. The number of nitrogens with zero attached hydrogens (tertiary/aromatic N) is 2. The molecule has 0 bridgehead atoms. The summed E-state index contributed by atoms with van der Waals surface area (Å²) in [7, 11) is 3.41. The van der Waals surface area contributed by atoms with Crippen LogP contribution in [-0.2, 0) is 24.2 Å². The van der Waals surface area contributed by atoms with Gasteiger partial charge in [0.25, 0.3) is 0 Å². The molecule has 144 valence electrons. The fourth-order valence-electron chi connectivity index (χ4n) is 2.19. The lowest BCUT2D eigenvalue weighted by atomic mass is 10.2. The van der Waals surface area contributed by atoms with Gasteiger partial charge in [0.1, 0.15) is 6.61 Å². The quantitative estimate of drug-likeness (QED) is 0.245. The minimum absolute atomic E-state index is 0. The Hall–Kier alpha value is -1.39. The highest BCUT2D eigenvalue weighted by atomic mass is 127. The normalized spacial score (nSPS) is 11.0. The summed E-state index contributed by atoms with van der Waals surface area (Å²) in [5.74, 6) is 1.37. The standard InChI is InChI=1S/C18H26N4O2S.HI/c1-4-15-7-8-16(25-15)13-22-18(19-2)21-12-14-6-5-9-20-17(14)24-11-10-23-3;/h5-9H,4,10-13H2,1-3H3,(H2,19,21,22);1H. The topological polar surface area (TPSA) is 67.8 Å². The molecule has 6 nitrogen and oxygen atoms in total. The summed E-state index contributed by atoms with van der Waals surface area (Å²) in [6, 6.07) is 8.22. The third-order valence-electron chi connectivity index (χ3n) is 3.54. The first kappa shape index (κ1) is 22.7. The molecular weight excluding hydrogens is 463 g/mol. The lowest BCUT2D eigenvalue weighted by Gasteiger charge is -2.13. The van der Waals surface area contributed by atoms with Gasteiger partial charge in [-0.1, -0.05) is 13.0 Å². The van der Waals surface area contributed by atoms with Gasteiger partial charge >= 0.3 is 0 Å². The van der Waals surface area contributed by atoms with Crippen molar-refractivity contribution in [2.75, 3.05) is 27.4 Å².